The topological polar surface area (TPSA) is 119 Å². The molecule has 0 aliphatic carbocycles. The minimum Gasteiger partial charge on any atom is -0.477 e. The van der Waals surface area contributed by atoms with Crippen LogP contribution in [-0.2, 0) is 19.2 Å². The summed E-state index contributed by atoms with van der Waals surface area (Å²) in [4.78, 5) is 52.8. The predicted molar refractivity (Wildman–Crippen MR) is 126 cm³/mol. The number of halogens is 2. The average Bonchev–Trinajstić information content (AvgIpc) is 3.28. The van der Waals surface area contributed by atoms with Gasteiger partial charge in [0.25, 0.3) is 5.91 Å². The molecule has 6 atom stereocenters. The van der Waals surface area contributed by atoms with Crippen molar-refractivity contribution in [3.8, 4) is 0 Å². The number of nitrogens with one attached hydrogen (secondary N) is 2. The van der Waals surface area contributed by atoms with Crippen LogP contribution in [0.2, 0.25) is 0 Å². The van der Waals surface area contributed by atoms with E-state index in [0.29, 0.717) is 17.9 Å². The quantitative estimate of drug-likeness (QED) is 0.398. The van der Waals surface area contributed by atoms with Crippen LogP contribution in [0.5, 0.6) is 0 Å². The maximum atomic E-state index is 14.2. The number of β-lactam (4-membered cyclic amide) rings is 1. The zero-order valence-corrected chi connectivity index (χ0v) is 21.6. The summed E-state index contributed by atoms with van der Waals surface area (Å²) in [5, 5.41) is 15.3. The molecule has 9 nitrogen and oxygen atoms in total. The van der Waals surface area contributed by atoms with Crippen LogP contribution in [0.25, 0.3) is 0 Å². The van der Waals surface area contributed by atoms with Gasteiger partial charge in [-0.05, 0) is 19.3 Å². The van der Waals surface area contributed by atoms with E-state index in [9.17, 15) is 33.1 Å². The van der Waals surface area contributed by atoms with Crippen LogP contribution in [-0.4, -0.2) is 88.5 Å². The van der Waals surface area contributed by atoms with E-state index in [0.717, 1.165) is 0 Å². The smallest absolute Gasteiger partial charge is 0.353 e. The second kappa shape index (κ2) is 10.0. The van der Waals surface area contributed by atoms with Crippen LogP contribution in [0.1, 0.15) is 40.5 Å². The Kier molecular flexibility index (Phi) is 7.85. The minimum absolute atomic E-state index is 0.0575. The fourth-order valence-corrected chi connectivity index (χ4v) is 6.66. The van der Waals surface area contributed by atoms with E-state index in [-0.39, 0.29) is 34.7 Å². The van der Waals surface area contributed by atoms with Crippen LogP contribution in [0.15, 0.2) is 10.6 Å². The van der Waals surface area contributed by atoms with Gasteiger partial charge in [0.15, 0.2) is 0 Å². The average molecular weight is 517 g/mol. The van der Waals surface area contributed by atoms with Crippen molar-refractivity contribution in [1.82, 2.24) is 20.4 Å². The number of aliphatic carboxylic acids is 1. The molecule has 0 aromatic carbocycles. The summed E-state index contributed by atoms with van der Waals surface area (Å²) in [6, 6.07) is -1.78. The third-order valence-corrected chi connectivity index (χ3v) is 8.32. The summed E-state index contributed by atoms with van der Waals surface area (Å²) in [7, 11) is 3.34. The second-order valence-electron chi connectivity index (χ2n) is 10.3. The molecule has 35 heavy (non-hydrogen) atoms. The zero-order chi connectivity index (χ0) is 26.4. The fraction of sp³-hybridized carbons (Fsp3) is 0.739. The van der Waals surface area contributed by atoms with Gasteiger partial charge in [0.05, 0.1) is 18.0 Å². The Bertz CT molecular complexity index is 941. The molecule has 3 aliphatic rings. The summed E-state index contributed by atoms with van der Waals surface area (Å²) in [5.74, 6) is -8.32. The Morgan fingerprint density at radius 3 is 2.46 bits per heavy atom. The molecule has 3 heterocycles. The van der Waals surface area contributed by atoms with E-state index in [1.54, 1.807) is 27.9 Å². The van der Waals surface area contributed by atoms with Gasteiger partial charge in [-0.15, -0.1) is 11.8 Å². The minimum atomic E-state index is -3.56. The fourth-order valence-electron chi connectivity index (χ4n) is 5.18. The third kappa shape index (κ3) is 5.18. The number of rotatable bonds is 9. The molecule has 0 spiro atoms. The van der Waals surface area contributed by atoms with E-state index >= 15 is 0 Å². The maximum absolute atomic E-state index is 14.2. The standard InChI is InChI=1S/C23H34F2N4O5S/c1-10(2)8-23(24,25)22(34)27-12(4)15-16-11(3)18(17(21(32)33)29(16)20(15)31)35-13-7-14(26-9-13)19(30)28(5)6/h10-16,26H,7-9H2,1-6H3,(H,27,34)(H,32,33)/t11-,12-,13+,14+,15-,16-/m1/s1. The number of nitrogens with zero attached hydrogens (tertiary/aromatic N) is 2. The molecule has 3 aliphatic heterocycles. The lowest BCUT2D eigenvalue weighted by atomic mass is 9.78. The maximum Gasteiger partial charge on any atom is 0.353 e. The first-order valence-electron chi connectivity index (χ1n) is 11.8. The number of amides is 3. The molecule has 0 radical (unpaired) electrons. The van der Waals surface area contributed by atoms with E-state index in [4.69, 9.17) is 0 Å². The van der Waals surface area contributed by atoms with Crippen molar-refractivity contribution < 1.29 is 33.1 Å². The van der Waals surface area contributed by atoms with Gasteiger partial charge < -0.3 is 25.5 Å². The molecule has 0 aromatic heterocycles. The van der Waals surface area contributed by atoms with E-state index in [1.807, 2.05) is 6.92 Å². The number of hydrogen-bond acceptors (Lipinski definition) is 6. The lowest BCUT2D eigenvalue weighted by Crippen LogP contribution is -2.66. The summed E-state index contributed by atoms with van der Waals surface area (Å²) < 4.78 is 28.4. The molecule has 0 bridgehead atoms. The van der Waals surface area contributed by atoms with Gasteiger partial charge in [0, 0.05) is 49.2 Å². The van der Waals surface area contributed by atoms with E-state index < -0.39 is 48.1 Å². The number of hydrogen-bond donors (Lipinski definition) is 3. The van der Waals surface area contributed by atoms with E-state index in [1.165, 1.54) is 28.5 Å². The molecular formula is C23H34F2N4O5S. The van der Waals surface area contributed by atoms with Crippen molar-refractivity contribution in [3.05, 3.63) is 10.6 Å². The Balaban J connectivity index is 1.73. The second-order valence-corrected chi connectivity index (χ2v) is 11.6. The number of carboxylic acids is 1. The largest absolute Gasteiger partial charge is 0.477 e. The number of carboxylic acid groups (broad SMARTS) is 1. The number of fused-ring (bicyclic) bond motifs is 1. The van der Waals surface area contributed by atoms with E-state index in [2.05, 4.69) is 10.6 Å². The van der Waals surface area contributed by atoms with Crippen molar-refractivity contribution in [1.29, 1.82) is 0 Å². The van der Waals surface area contributed by atoms with Crippen molar-refractivity contribution >= 4 is 35.5 Å². The number of carbonyl (C=O) groups is 4. The first-order valence-corrected chi connectivity index (χ1v) is 12.7. The number of alkyl halides is 2. The number of likely N-dealkylation sites (N-methyl/N-ethyl adjacent to an activating group) is 1. The SMILES string of the molecule is CC(C)CC(F)(F)C(=O)N[C@H](C)[C@H]1C(=O)N2C(C(=O)O)=C(S[C@@H]3CN[C@H](C(=O)N(C)C)C3)[C@H](C)[C@H]12. The van der Waals surface area contributed by atoms with Gasteiger partial charge in [-0.3, -0.25) is 14.4 Å². The molecule has 12 heteroatoms. The Hall–Kier alpha value is -2.21. The molecule has 3 N–H and O–H groups in total. The predicted octanol–water partition coefficient (Wildman–Crippen LogP) is 1.50. The Labute approximate surface area is 208 Å². The lowest BCUT2D eigenvalue weighted by Gasteiger charge is -2.47. The van der Waals surface area contributed by atoms with Gasteiger partial charge in [0.2, 0.25) is 11.8 Å². The summed E-state index contributed by atoms with van der Waals surface area (Å²) in [6.07, 6.45) is -0.0847. The Morgan fingerprint density at radius 2 is 1.91 bits per heavy atom. The van der Waals surface area contributed by atoms with Crippen LogP contribution >= 0.6 is 11.8 Å². The van der Waals surface area contributed by atoms with Crippen LogP contribution in [0.4, 0.5) is 8.78 Å². The van der Waals surface area contributed by atoms with Gasteiger partial charge in [-0.1, -0.05) is 20.8 Å². The van der Waals surface area contributed by atoms with Gasteiger partial charge in [-0.25, -0.2) is 4.79 Å². The zero-order valence-electron chi connectivity index (χ0n) is 20.8. The number of carbonyl (C=O) groups excluding carboxylic acids is 3. The summed E-state index contributed by atoms with van der Waals surface area (Å²) in [6.45, 7) is 7.00. The normalized spacial score (nSPS) is 29.2. The first kappa shape index (κ1) is 27.4. The molecule has 3 amide bonds. The lowest BCUT2D eigenvalue weighted by molar-refractivity contribution is -0.160. The van der Waals surface area contributed by atoms with Crippen LogP contribution in [0, 0.1) is 17.8 Å². The van der Waals surface area contributed by atoms with Crippen LogP contribution < -0.4 is 10.6 Å². The molecule has 2 fully saturated rings. The molecule has 196 valence electrons. The highest BCUT2D eigenvalue weighted by Crippen LogP contribution is 2.52. The highest BCUT2D eigenvalue weighted by atomic mass is 32.2. The van der Waals surface area contributed by atoms with Crippen molar-refractivity contribution in [2.45, 2.75) is 69.8 Å². The molecular weight excluding hydrogens is 482 g/mol. The number of thioether (sulfide) groups is 1. The summed E-state index contributed by atoms with van der Waals surface area (Å²) >= 11 is 1.34. The van der Waals surface area contributed by atoms with Crippen molar-refractivity contribution in [3.63, 3.8) is 0 Å². The molecule has 0 aromatic rings. The Morgan fingerprint density at radius 1 is 1.29 bits per heavy atom. The van der Waals surface area contributed by atoms with Gasteiger partial charge in [-0.2, -0.15) is 8.78 Å². The van der Waals surface area contributed by atoms with Crippen molar-refractivity contribution in [2.24, 2.45) is 17.8 Å². The molecule has 2 saturated heterocycles. The van der Waals surface area contributed by atoms with Gasteiger partial charge in [0.1, 0.15) is 5.70 Å². The highest BCUT2D eigenvalue weighted by Gasteiger charge is 2.61. The molecule has 0 saturated carbocycles. The molecule has 0 unspecified atom stereocenters. The summed E-state index contributed by atoms with van der Waals surface area (Å²) in [5.41, 5.74) is -0.0974. The monoisotopic (exact) mass is 516 g/mol. The molecule has 3 rings (SSSR count). The first-order chi connectivity index (χ1) is 16.2. The highest BCUT2D eigenvalue weighted by molar-refractivity contribution is 8.03. The van der Waals surface area contributed by atoms with Gasteiger partial charge >= 0.3 is 11.9 Å². The third-order valence-electron chi connectivity index (χ3n) is 6.81. The van der Waals surface area contributed by atoms with Crippen LogP contribution in [0.3, 0.4) is 0 Å². The van der Waals surface area contributed by atoms with Crippen molar-refractivity contribution in [2.75, 3.05) is 20.6 Å².